The van der Waals surface area contributed by atoms with Crippen LogP contribution in [0.5, 0.6) is 0 Å². The quantitative estimate of drug-likeness (QED) is 0.867. The summed E-state index contributed by atoms with van der Waals surface area (Å²) in [6.07, 6.45) is 4.74. The van der Waals surface area contributed by atoms with E-state index in [0.717, 1.165) is 50.9 Å². The standard InChI is InChI=1S/C23H27FN2O/c24-20-9-5-17(6-10-20)16-26-13-11-21(12-14-26)25-23(27)15-19-8-7-18-3-1-2-4-22(18)19/h1-6,9-10,19,21H,7-8,11-16H2,(H,25,27)/t19-/m0/s1. The molecule has 0 aromatic heterocycles. The first-order valence-electron chi connectivity index (χ1n) is 10.0. The predicted molar refractivity (Wildman–Crippen MR) is 105 cm³/mol. The maximum absolute atomic E-state index is 13.0. The Labute approximate surface area is 160 Å². The first kappa shape index (κ1) is 18.2. The molecule has 2 aliphatic rings. The highest BCUT2D eigenvalue weighted by Crippen LogP contribution is 2.35. The van der Waals surface area contributed by atoms with Crippen molar-refractivity contribution in [2.75, 3.05) is 13.1 Å². The molecule has 0 radical (unpaired) electrons. The minimum atomic E-state index is -0.190. The van der Waals surface area contributed by atoms with Crippen LogP contribution in [-0.4, -0.2) is 29.9 Å². The van der Waals surface area contributed by atoms with E-state index in [0.29, 0.717) is 12.3 Å². The molecule has 4 heteroatoms. The van der Waals surface area contributed by atoms with Crippen molar-refractivity contribution < 1.29 is 9.18 Å². The van der Waals surface area contributed by atoms with Crippen molar-refractivity contribution in [2.45, 2.75) is 50.6 Å². The number of fused-ring (bicyclic) bond motifs is 1. The third-order valence-electron chi connectivity index (χ3n) is 5.96. The minimum absolute atomic E-state index is 0.189. The second-order valence-electron chi connectivity index (χ2n) is 7.88. The van der Waals surface area contributed by atoms with Gasteiger partial charge >= 0.3 is 0 Å². The summed E-state index contributed by atoms with van der Waals surface area (Å²) < 4.78 is 13.0. The largest absolute Gasteiger partial charge is 0.353 e. The Bertz CT molecular complexity index is 781. The molecule has 27 heavy (non-hydrogen) atoms. The number of aryl methyl sites for hydroxylation is 1. The van der Waals surface area contributed by atoms with E-state index >= 15 is 0 Å². The van der Waals surface area contributed by atoms with Gasteiger partial charge in [0.1, 0.15) is 5.82 Å². The molecule has 2 aromatic rings. The maximum Gasteiger partial charge on any atom is 0.220 e. The highest BCUT2D eigenvalue weighted by atomic mass is 19.1. The van der Waals surface area contributed by atoms with E-state index in [1.165, 1.54) is 23.3 Å². The van der Waals surface area contributed by atoms with Gasteiger partial charge in [0.15, 0.2) is 0 Å². The van der Waals surface area contributed by atoms with Gasteiger partial charge in [0, 0.05) is 32.1 Å². The number of rotatable bonds is 5. The number of carbonyl (C=O) groups is 1. The Morgan fingerprint density at radius 1 is 1.04 bits per heavy atom. The van der Waals surface area contributed by atoms with Crippen molar-refractivity contribution in [1.29, 1.82) is 0 Å². The topological polar surface area (TPSA) is 32.3 Å². The van der Waals surface area contributed by atoms with Gasteiger partial charge < -0.3 is 5.32 Å². The molecule has 0 bridgehead atoms. The van der Waals surface area contributed by atoms with Crippen LogP contribution in [0.3, 0.4) is 0 Å². The second kappa shape index (κ2) is 8.22. The molecule has 1 aliphatic heterocycles. The van der Waals surface area contributed by atoms with Gasteiger partial charge in [0.25, 0.3) is 0 Å². The van der Waals surface area contributed by atoms with Crippen molar-refractivity contribution in [1.82, 2.24) is 10.2 Å². The average molecular weight is 366 g/mol. The van der Waals surface area contributed by atoms with Gasteiger partial charge in [-0.2, -0.15) is 0 Å². The first-order valence-corrected chi connectivity index (χ1v) is 10.0. The summed E-state index contributed by atoms with van der Waals surface area (Å²) in [6, 6.07) is 15.5. The number of hydrogen-bond donors (Lipinski definition) is 1. The Kier molecular flexibility index (Phi) is 5.53. The maximum atomic E-state index is 13.0. The molecule has 2 aromatic carbocycles. The molecule has 0 spiro atoms. The van der Waals surface area contributed by atoms with Gasteiger partial charge in [-0.25, -0.2) is 4.39 Å². The van der Waals surface area contributed by atoms with Crippen LogP contribution in [0.1, 0.15) is 48.3 Å². The average Bonchev–Trinajstić information content (AvgIpc) is 3.08. The molecule has 142 valence electrons. The van der Waals surface area contributed by atoms with Crippen LogP contribution in [0, 0.1) is 5.82 Å². The predicted octanol–water partition coefficient (Wildman–Crippen LogP) is 4.03. The van der Waals surface area contributed by atoms with Crippen molar-refractivity contribution >= 4 is 5.91 Å². The first-order chi connectivity index (χ1) is 13.2. The lowest BCUT2D eigenvalue weighted by molar-refractivity contribution is -0.122. The fourth-order valence-corrected chi connectivity index (χ4v) is 4.45. The van der Waals surface area contributed by atoms with E-state index < -0.39 is 0 Å². The van der Waals surface area contributed by atoms with E-state index in [2.05, 4.69) is 34.5 Å². The molecule has 0 saturated carbocycles. The number of piperidine rings is 1. The van der Waals surface area contributed by atoms with Crippen LogP contribution in [0.4, 0.5) is 4.39 Å². The van der Waals surface area contributed by atoms with Crippen LogP contribution in [-0.2, 0) is 17.8 Å². The van der Waals surface area contributed by atoms with Gasteiger partial charge in [-0.1, -0.05) is 36.4 Å². The highest BCUT2D eigenvalue weighted by molar-refractivity contribution is 5.77. The van der Waals surface area contributed by atoms with Crippen LogP contribution in [0.25, 0.3) is 0 Å². The Morgan fingerprint density at radius 2 is 1.78 bits per heavy atom. The molecule has 1 fully saturated rings. The zero-order valence-electron chi connectivity index (χ0n) is 15.7. The molecule has 1 N–H and O–H groups in total. The fraction of sp³-hybridized carbons (Fsp3) is 0.435. The van der Waals surface area contributed by atoms with E-state index in [4.69, 9.17) is 0 Å². The van der Waals surface area contributed by atoms with Gasteiger partial charge in [-0.05, 0) is 60.4 Å². The monoisotopic (exact) mass is 366 g/mol. The summed E-state index contributed by atoms with van der Waals surface area (Å²) in [6.45, 7) is 2.78. The normalized spacial score (nSPS) is 20.4. The SMILES string of the molecule is O=C(C[C@@H]1CCc2ccccc21)NC1CCN(Cc2ccc(F)cc2)CC1. The Balaban J connectivity index is 1.22. The molecule has 3 nitrogen and oxygen atoms in total. The number of nitrogens with one attached hydrogen (secondary N) is 1. The lowest BCUT2D eigenvalue weighted by Crippen LogP contribution is -2.44. The molecular formula is C23H27FN2O. The van der Waals surface area contributed by atoms with E-state index in [-0.39, 0.29) is 17.8 Å². The summed E-state index contributed by atoms with van der Waals surface area (Å²) in [4.78, 5) is 14.9. The second-order valence-corrected chi connectivity index (χ2v) is 7.88. The number of amides is 1. The Morgan fingerprint density at radius 3 is 2.56 bits per heavy atom. The molecule has 1 heterocycles. The fourth-order valence-electron chi connectivity index (χ4n) is 4.45. The van der Waals surface area contributed by atoms with E-state index in [9.17, 15) is 9.18 Å². The third kappa shape index (κ3) is 4.56. The molecule has 0 unspecified atom stereocenters. The molecule has 1 aliphatic carbocycles. The van der Waals surface area contributed by atoms with Gasteiger partial charge in [-0.3, -0.25) is 9.69 Å². The number of likely N-dealkylation sites (tertiary alicyclic amines) is 1. The zero-order valence-corrected chi connectivity index (χ0v) is 15.7. The molecule has 4 rings (SSSR count). The molecular weight excluding hydrogens is 339 g/mol. The summed E-state index contributed by atoms with van der Waals surface area (Å²) in [7, 11) is 0. The number of benzene rings is 2. The lowest BCUT2D eigenvalue weighted by atomic mass is 9.97. The van der Waals surface area contributed by atoms with Crippen LogP contribution >= 0.6 is 0 Å². The van der Waals surface area contributed by atoms with Crippen molar-refractivity contribution in [3.63, 3.8) is 0 Å². The summed E-state index contributed by atoms with van der Waals surface area (Å²) in [5.74, 6) is 0.374. The van der Waals surface area contributed by atoms with Crippen LogP contribution < -0.4 is 5.32 Å². The molecule has 1 atom stereocenters. The van der Waals surface area contributed by atoms with Gasteiger partial charge in [0.2, 0.25) is 5.91 Å². The van der Waals surface area contributed by atoms with Crippen LogP contribution in [0.15, 0.2) is 48.5 Å². The van der Waals surface area contributed by atoms with E-state index in [1.54, 1.807) is 0 Å². The third-order valence-corrected chi connectivity index (χ3v) is 5.96. The smallest absolute Gasteiger partial charge is 0.220 e. The summed E-state index contributed by atoms with van der Waals surface area (Å²) in [5.41, 5.74) is 3.91. The molecule has 1 amide bonds. The van der Waals surface area contributed by atoms with Crippen molar-refractivity contribution in [3.8, 4) is 0 Å². The molecule has 1 saturated heterocycles. The number of nitrogens with zero attached hydrogens (tertiary/aromatic N) is 1. The van der Waals surface area contributed by atoms with Crippen molar-refractivity contribution in [3.05, 3.63) is 71.0 Å². The summed E-state index contributed by atoms with van der Waals surface area (Å²) in [5, 5.41) is 3.25. The lowest BCUT2D eigenvalue weighted by Gasteiger charge is -2.32. The zero-order chi connectivity index (χ0) is 18.6. The van der Waals surface area contributed by atoms with Crippen molar-refractivity contribution in [2.24, 2.45) is 0 Å². The minimum Gasteiger partial charge on any atom is -0.353 e. The summed E-state index contributed by atoms with van der Waals surface area (Å²) >= 11 is 0. The highest BCUT2D eigenvalue weighted by Gasteiger charge is 2.26. The number of carbonyl (C=O) groups excluding carboxylic acids is 1. The van der Waals surface area contributed by atoms with Gasteiger partial charge in [0.05, 0.1) is 0 Å². The van der Waals surface area contributed by atoms with Gasteiger partial charge in [-0.15, -0.1) is 0 Å². The Hall–Kier alpha value is -2.20. The van der Waals surface area contributed by atoms with Crippen LogP contribution in [0.2, 0.25) is 0 Å². The number of halogens is 1. The van der Waals surface area contributed by atoms with E-state index in [1.807, 2.05) is 12.1 Å². The number of hydrogen-bond acceptors (Lipinski definition) is 2.